The second-order valence-corrected chi connectivity index (χ2v) is 9.72. The minimum absolute atomic E-state index is 0.0196. The van der Waals surface area contributed by atoms with Gasteiger partial charge in [-0.1, -0.05) is 70.0 Å². The average molecular weight is 537 g/mol. The van der Waals surface area contributed by atoms with Gasteiger partial charge in [0.15, 0.2) is 0 Å². The van der Waals surface area contributed by atoms with Crippen LogP contribution in [0.4, 0.5) is 0 Å². The number of rotatable bonds is 12. The van der Waals surface area contributed by atoms with Crippen LogP contribution in [0.15, 0.2) is 35.9 Å². The second kappa shape index (κ2) is 26.7. The summed E-state index contributed by atoms with van der Waals surface area (Å²) >= 11 is 1.73. The smallest absolute Gasteiger partial charge is 0.234 e. The Kier molecular flexibility index (Phi) is 26.6. The Morgan fingerprint density at radius 2 is 1.78 bits per heavy atom. The molecule has 0 radical (unpaired) electrons. The molecule has 212 valence electrons. The van der Waals surface area contributed by atoms with Crippen molar-refractivity contribution < 1.29 is 14.4 Å². The molecule has 1 aliphatic rings. The quantitative estimate of drug-likeness (QED) is 0.175. The molecule has 2 rings (SSSR count). The predicted octanol–water partition coefficient (Wildman–Crippen LogP) is 4.74. The zero-order valence-corrected chi connectivity index (χ0v) is 24.8. The largest absolute Gasteiger partial charge is 0.372 e. The SMILES string of the molecule is CC.CC/C1=C\CCCc2ccccc2C1.CCCC(NC=O)SCCC(C)NC(=O)CNC.NC=O. The number of likely N-dealkylation sites (N-methyl/N-ethyl adjacent to an activating group) is 1. The van der Waals surface area contributed by atoms with Crippen LogP contribution in [0.2, 0.25) is 0 Å². The number of hydrogen-bond acceptors (Lipinski definition) is 5. The molecule has 0 spiro atoms. The van der Waals surface area contributed by atoms with Gasteiger partial charge in [-0.3, -0.25) is 14.4 Å². The third-order valence-corrected chi connectivity index (χ3v) is 6.74. The topological polar surface area (TPSA) is 113 Å². The number of allylic oxidation sites excluding steroid dienone is 2. The molecule has 37 heavy (non-hydrogen) atoms. The number of nitrogens with one attached hydrogen (secondary N) is 3. The fourth-order valence-corrected chi connectivity index (χ4v) is 4.99. The molecule has 1 aromatic rings. The minimum Gasteiger partial charge on any atom is -0.372 e. The third-order valence-electron chi connectivity index (χ3n) is 5.49. The highest BCUT2D eigenvalue weighted by molar-refractivity contribution is 7.99. The lowest BCUT2D eigenvalue weighted by Gasteiger charge is -2.17. The molecule has 2 atom stereocenters. The van der Waals surface area contributed by atoms with Gasteiger partial charge in [-0.25, -0.2) is 0 Å². The van der Waals surface area contributed by atoms with E-state index in [1.54, 1.807) is 35.5 Å². The Hall–Kier alpha value is -2.32. The summed E-state index contributed by atoms with van der Waals surface area (Å²) in [6, 6.07) is 9.05. The summed E-state index contributed by atoms with van der Waals surface area (Å²) < 4.78 is 0. The van der Waals surface area contributed by atoms with E-state index >= 15 is 0 Å². The minimum atomic E-state index is 0.0196. The van der Waals surface area contributed by atoms with E-state index in [-0.39, 0.29) is 23.7 Å². The van der Waals surface area contributed by atoms with E-state index in [1.165, 1.54) is 32.1 Å². The standard InChI is InChI=1S/C14H18.C12H25N3O2S.C2H6.CH3NO/c1-2-12-7-3-4-8-13-9-5-6-10-14(13)11-12;1-4-5-12(14-9-16)18-7-6-10(2)15-11(17)8-13-3;1-2;2-1-3/h5-7,9-10H,2-4,8,11H2,1H3;9-10,12-13H,4-8H2,1-3H3,(H,14,16)(H,15,17);1-2H3;1H,(H2,2,3)/b12-7+;;;. The van der Waals surface area contributed by atoms with Crippen LogP contribution >= 0.6 is 11.8 Å². The van der Waals surface area contributed by atoms with Crippen molar-refractivity contribution in [2.24, 2.45) is 5.73 Å². The van der Waals surface area contributed by atoms with E-state index in [2.05, 4.69) is 65.9 Å². The van der Waals surface area contributed by atoms with E-state index < -0.39 is 0 Å². The molecule has 0 bridgehead atoms. The molecule has 0 saturated heterocycles. The van der Waals surface area contributed by atoms with Gasteiger partial charge in [-0.2, -0.15) is 0 Å². The Balaban J connectivity index is 0. The van der Waals surface area contributed by atoms with Crippen LogP contribution in [0.3, 0.4) is 0 Å². The van der Waals surface area contributed by atoms with Crippen LogP contribution in [0.25, 0.3) is 0 Å². The van der Waals surface area contributed by atoms with Crippen LogP contribution in [0.1, 0.15) is 84.3 Å². The molecule has 0 aromatic heterocycles. The Morgan fingerprint density at radius 1 is 1.14 bits per heavy atom. The Morgan fingerprint density at radius 3 is 2.35 bits per heavy atom. The van der Waals surface area contributed by atoms with Gasteiger partial charge in [0, 0.05) is 6.04 Å². The summed E-state index contributed by atoms with van der Waals surface area (Å²) in [4.78, 5) is 30.3. The van der Waals surface area contributed by atoms with Crippen molar-refractivity contribution in [3.63, 3.8) is 0 Å². The van der Waals surface area contributed by atoms with Crippen molar-refractivity contribution in [2.45, 2.75) is 97.4 Å². The van der Waals surface area contributed by atoms with Gasteiger partial charge >= 0.3 is 0 Å². The first kappa shape index (κ1) is 36.8. The maximum Gasteiger partial charge on any atom is 0.234 e. The number of nitrogens with two attached hydrogens (primary N) is 1. The molecule has 2 unspecified atom stereocenters. The highest BCUT2D eigenvalue weighted by atomic mass is 32.2. The number of thioether (sulfide) groups is 1. The van der Waals surface area contributed by atoms with E-state index in [9.17, 15) is 9.59 Å². The fourth-order valence-electron chi connectivity index (χ4n) is 3.66. The van der Waals surface area contributed by atoms with Crippen LogP contribution in [-0.4, -0.2) is 49.5 Å². The molecule has 0 fully saturated rings. The summed E-state index contributed by atoms with van der Waals surface area (Å²) in [5.74, 6) is 0.943. The monoisotopic (exact) mass is 536 g/mol. The highest BCUT2D eigenvalue weighted by Gasteiger charge is 2.10. The third kappa shape index (κ3) is 20.4. The zero-order valence-electron chi connectivity index (χ0n) is 24.0. The number of fused-ring (bicyclic) bond motifs is 1. The van der Waals surface area contributed by atoms with E-state index in [0.717, 1.165) is 31.4 Å². The first-order valence-corrected chi connectivity index (χ1v) is 14.7. The zero-order chi connectivity index (χ0) is 28.3. The molecule has 3 amide bonds. The molecule has 0 aliphatic heterocycles. The van der Waals surface area contributed by atoms with Gasteiger partial charge in [-0.15, -0.1) is 11.8 Å². The number of amides is 3. The lowest BCUT2D eigenvalue weighted by Crippen LogP contribution is -2.38. The first-order valence-electron chi connectivity index (χ1n) is 13.6. The molecule has 0 saturated carbocycles. The van der Waals surface area contributed by atoms with Crippen molar-refractivity contribution >= 4 is 30.5 Å². The summed E-state index contributed by atoms with van der Waals surface area (Å²) in [5.41, 5.74) is 8.88. The summed E-state index contributed by atoms with van der Waals surface area (Å²) in [6.07, 6.45) is 12.6. The number of aryl methyl sites for hydroxylation is 1. The molecule has 1 aromatic carbocycles. The summed E-state index contributed by atoms with van der Waals surface area (Å²) in [6.45, 7) is 10.7. The molecular formula is C29H52N4O3S. The Bertz CT molecular complexity index is 744. The maximum atomic E-state index is 11.3. The van der Waals surface area contributed by atoms with Crippen LogP contribution in [0.5, 0.6) is 0 Å². The summed E-state index contributed by atoms with van der Waals surface area (Å²) in [7, 11) is 1.75. The highest BCUT2D eigenvalue weighted by Crippen LogP contribution is 2.21. The van der Waals surface area contributed by atoms with Gasteiger partial charge < -0.3 is 21.7 Å². The predicted molar refractivity (Wildman–Crippen MR) is 160 cm³/mol. The fraction of sp³-hybridized carbons (Fsp3) is 0.621. The molecule has 5 N–H and O–H groups in total. The number of carbonyl (C=O) groups excluding carboxylic acids is 3. The molecule has 1 aliphatic carbocycles. The first-order chi connectivity index (χ1) is 17.9. The molecule has 0 heterocycles. The van der Waals surface area contributed by atoms with Gasteiger partial charge in [0.2, 0.25) is 18.7 Å². The lowest BCUT2D eigenvalue weighted by atomic mass is 9.92. The number of primary amides is 1. The van der Waals surface area contributed by atoms with E-state index in [1.807, 2.05) is 20.8 Å². The van der Waals surface area contributed by atoms with Crippen LogP contribution < -0.4 is 21.7 Å². The number of hydrogen-bond donors (Lipinski definition) is 4. The second-order valence-electron chi connectivity index (χ2n) is 8.41. The molecule has 8 heteroatoms. The molecule has 7 nitrogen and oxygen atoms in total. The van der Waals surface area contributed by atoms with Crippen LogP contribution in [-0.2, 0) is 27.2 Å². The van der Waals surface area contributed by atoms with Crippen molar-refractivity contribution in [1.29, 1.82) is 0 Å². The number of benzene rings is 1. The van der Waals surface area contributed by atoms with Gasteiger partial charge in [0.1, 0.15) is 0 Å². The van der Waals surface area contributed by atoms with Crippen molar-refractivity contribution in [3.05, 3.63) is 47.0 Å². The van der Waals surface area contributed by atoms with Gasteiger partial charge in [0.05, 0.1) is 11.9 Å². The van der Waals surface area contributed by atoms with E-state index in [0.29, 0.717) is 6.54 Å². The normalized spacial score (nSPS) is 14.8. The van der Waals surface area contributed by atoms with Crippen molar-refractivity contribution in [2.75, 3.05) is 19.3 Å². The Labute approximate surface area is 230 Å². The van der Waals surface area contributed by atoms with Crippen molar-refractivity contribution in [3.8, 4) is 0 Å². The van der Waals surface area contributed by atoms with Gasteiger partial charge in [0.25, 0.3) is 0 Å². The lowest BCUT2D eigenvalue weighted by molar-refractivity contribution is -0.120. The van der Waals surface area contributed by atoms with Crippen LogP contribution in [0, 0.1) is 0 Å². The summed E-state index contributed by atoms with van der Waals surface area (Å²) in [5, 5.41) is 8.72. The van der Waals surface area contributed by atoms with E-state index in [4.69, 9.17) is 4.79 Å². The average Bonchev–Trinajstić information content (AvgIpc) is 2.87. The number of carbonyl (C=O) groups is 3. The molecular weight excluding hydrogens is 484 g/mol. The van der Waals surface area contributed by atoms with Crippen molar-refractivity contribution in [1.82, 2.24) is 16.0 Å². The maximum absolute atomic E-state index is 11.3. The van der Waals surface area contributed by atoms with Gasteiger partial charge in [-0.05, 0) is 75.8 Å².